The molecule has 0 radical (unpaired) electrons. The minimum absolute atomic E-state index is 0.0365. The first kappa shape index (κ1) is 27.2. The van der Waals surface area contributed by atoms with Crippen LogP contribution in [-0.4, -0.2) is 53.5 Å². The van der Waals surface area contributed by atoms with E-state index in [1.54, 1.807) is 4.90 Å². The van der Waals surface area contributed by atoms with E-state index in [9.17, 15) is 27.6 Å². The van der Waals surface area contributed by atoms with Gasteiger partial charge in [0.15, 0.2) is 5.60 Å². The Labute approximate surface area is 223 Å². The van der Waals surface area contributed by atoms with Crippen LogP contribution in [0, 0.1) is 10.8 Å². The van der Waals surface area contributed by atoms with Crippen LogP contribution in [0.1, 0.15) is 50.5 Å². The molecule has 0 N–H and O–H groups in total. The molecule has 3 aliphatic rings. The molecule has 0 unspecified atom stereocenters. The van der Waals surface area contributed by atoms with E-state index in [0.717, 1.165) is 12.1 Å². The molecule has 39 heavy (non-hydrogen) atoms. The van der Waals surface area contributed by atoms with Crippen molar-refractivity contribution in [3.63, 3.8) is 0 Å². The standard InChI is InChI=1S/C28H31F3N2O6/c1-25(2)26(3)8-9-27(25,39-24(26)36)23(35)33-12-10-32(11-13-33)15-20-14-21(34)22(17-37-20)38-16-18-4-6-19(7-5-18)28(29,30)31/h4-7,14,17H,8-13,15-16H2,1-3H3/t26-,27-/m0/s1. The van der Waals surface area contributed by atoms with Gasteiger partial charge in [0, 0.05) is 37.7 Å². The Bertz CT molecular complexity index is 1330. The molecule has 1 aromatic heterocycles. The molecule has 3 heterocycles. The van der Waals surface area contributed by atoms with E-state index in [1.807, 2.05) is 20.8 Å². The summed E-state index contributed by atoms with van der Waals surface area (Å²) >= 11 is 0. The molecule has 8 nitrogen and oxygen atoms in total. The highest BCUT2D eigenvalue weighted by molar-refractivity contribution is 5.96. The van der Waals surface area contributed by atoms with Gasteiger partial charge in [-0.2, -0.15) is 13.2 Å². The summed E-state index contributed by atoms with van der Waals surface area (Å²) in [5.74, 6) is -0.0429. The molecule has 1 amide bonds. The number of alkyl halides is 3. The Hall–Kier alpha value is -3.34. The molecular formula is C28H31F3N2O6. The van der Waals surface area contributed by atoms with E-state index in [1.165, 1.54) is 24.5 Å². The molecule has 2 atom stereocenters. The molecule has 2 aromatic rings. The van der Waals surface area contributed by atoms with Gasteiger partial charge in [-0.05, 0) is 37.5 Å². The highest BCUT2D eigenvalue weighted by atomic mass is 19.4. The molecule has 3 fully saturated rings. The van der Waals surface area contributed by atoms with Crippen LogP contribution in [-0.2, 0) is 33.7 Å². The average Bonchev–Trinajstić information content (AvgIpc) is 3.18. The number of hydrogen-bond donors (Lipinski definition) is 0. The fourth-order valence-corrected chi connectivity index (χ4v) is 5.88. The number of piperazine rings is 1. The third-order valence-electron chi connectivity index (χ3n) is 9.00. The monoisotopic (exact) mass is 548 g/mol. The fraction of sp³-hybridized carbons (Fsp3) is 0.536. The van der Waals surface area contributed by atoms with E-state index >= 15 is 0 Å². The van der Waals surface area contributed by atoms with Crippen LogP contribution in [0.4, 0.5) is 13.2 Å². The predicted molar refractivity (Wildman–Crippen MR) is 133 cm³/mol. The number of carbonyl (C=O) groups is 2. The van der Waals surface area contributed by atoms with Crippen LogP contribution in [0.15, 0.2) is 45.8 Å². The smallest absolute Gasteiger partial charge is 0.416 e. The van der Waals surface area contributed by atoms with Crippen molar-refractivity contribution in [2.75, 3.05) is 26.2 Å². The first-order valence-corrected chi connectivity index (χ1v) is 12.9. The lowest BCUT2D eigenvalue weighted by Crippen LogP contribution is -2.59. The molecule has 2 saturated heterocycles. The lowest BCUT2D eigenvalue weighted by molar-refractivity contribution is -0.175. The van der Waals surface area contributed by atoms with E-state index < -0.39 is 33.6 Å². The maximum absolute atomic E-state index is 13.6. The van der Waals surface area contributed by atoms with Crippen LogP contribution in [0.25, 0.3) is 0 Å². The second kappa shape index (κ2) is 9.39. The van der Waals surface area contributed by atoms with Crippen molar-refractivity contribution in [2.24, 2.45) is 10.8 Å². The fourth-order valence-electron chi connectivity index (χ4n) is 5.88. The number of ether oxygens (including phenoxy) is 2. The van der Waals surface area contributed by atoms with Gasteiger partial charge in [-0.15, -0.1) is 0 Å². The zero-order chi connectivity index (χ0) is 28.2. The van der Waals surface area contributed by atoms with Crippen LogP contribution in [0.3, 0.4) is 0 Å². The van der Waals surface area contributed by atoms with Gasteiger partial charge in [0.2, 0.25) is 11.2 Å². The van der Waals surface area contributed by atoms with E-state index in [-0.39, 0.29) is 24.2 Å². The van der Waals surface area contributed by atoms with Crippen molar-refractivity contribution in [3.8, 4) is 5.75 Å². The van der Waals surface area contributed by atoms with E-state index in [4.69, 9.17) is 13.9 Å². The number of hydrogen-bond acceptors (Lipinski definition) is 7. The molecule has 1 aromatic carbocycles. The topological polar surface area (TPSA) is 89.3 Å². The Balaban J connectivity index is 1.15. The number of benzene rings is 1. The Morgan fingerprint density at radius 2 is 1.69 bits per heavy atom. The molecule has 1 aliphatic carbocycles. The molecule has 2 bridgehead atoms. The van der Waals surface area contributed by atoms with Gasteiger partial charge in [0.25, 0.3) is 5.91 Å². The Morgan fingerprint density at radius 1 is 1.03 bits per heavy atom. The lowest BCUT2D eigenvalue weighted by atomic mass is 9.66. The summed E-state index contributed by atoms with van der Waals surface area (Å²) in [6.45, 7) is 8.09. The quantitative estimate of drug-likeness (QED) is 0.504. The molecule has 11 heteroatoms. The molecule has 5 rings (SSSR count). The van der Waals surface area contributed by atoms with Crippen molar-refractivity contribution in [2.45, 2.75) is 58.5 Å². The van der Waals surface area contributed by atoms with Crippen LogP contribution in [0.2, 0.25) is 0 Å². The maximum atomic E-state index is 13.6. The summed E-state index contributed by atoms with van der Waals surface area (Å²) in [5.41, 5.74) is -3.04. The number of fused-ring (bicyclic) bond motifs is 2. The number of esters is 1. The van der Waals surface area contributed by atoms with Gasteiger partial charge in [0.05, 0.1) is 17.5 Å². The molecule has 1 saturated carbocycles. The molecule has 2 aliphatic heterocycles. The zero-order valence-electron chi connectivity index (χ0n) is 22.1. The number of halogens is 3. The van der Waals surface area contributed by atoms with Crippen molar-refractivity contribution >= 4 is 11.9 Å². The summed E-state index contributed by atoms with van der Waals surface area (Å²) in [4.78, 5) is 42.4. The van der Waals surface area contributed by atoms with E-state index in [2.05, 4.69) is 4.90 Å². The first-order chi connectivity index (χ1) is 18.3. The van der Waals surface area contributed by atoms with Crippen LogP contribution >= 0.6 is 0 Å². The minimum atomic E-state index is -4.42. The normalized spacial score (nSPS) is 26.5. The van der Waals surface area contributed by atoms with Crippen molar-refractivity contribution in [3.05, 3.63) is 63.7 Å². The Morgan fingerprint density at radius 3 is 2.23 bits per heavy atom. The summed E-state index contributed by atoms with van der Waals surface area (Å²) in [5, 5.41) is 0. The summed E-state index contributed by atoms with van der Waals surface area (Å²) in [7, 11) is 0. The van der Waals surface area contributed by atoms with Gasteiger partial charge in [-0.25, -0.2) is 0 Å². The molecular weight excluding hydrogens is 517 g/mol. The average molecular weight is 549 g/mol. The van der Waals surface area contributed by atoms with Gasteiger partial charge in [-0.1, -0.05) is 26.0 Å². The third kappa shape index (κ3) is 4.50. The Kier molecular flexibility index (Phi) is 6.56. The highest BCUT2D eigenvalue weighted by Gasteiger charge is 2.76. The second-order valence-corrected chi connectivity index (χ2v) is 11.3. The highest BCUT2D eigenvalue weighted by Crippen LogP contribution is 2.66. The summed E-state index contributed by atoms with van der Waals surface area (Å²) < 4.78 is 54.9. The van der Waals surface area contributed by atoms with Gasteiger partial charge < -0.3 is 18.8 Å². The lowest BCUT2D eigenvalue weighted by Gasteiger charge is -2.42. The summed E-state index contributed by atoms with van der Waals surface area (Å²) in [6.07, 6.45) is -2.06. The molecule has 0 spiro atoms. The van der Waals surface area contributed by atoms with Gasteiger partial charge >= 0.3 is 12.1 Å². The van der Waals surface area contributed by atoms with Crippen molar-refractivity contribution < 1.29 is 36.7 Å². The number of nitrogens with zero attached hydrogens (tertiary/aromatic N) is 2. The number of amides is 1. The molecule has 210 valence electrons. The van der Waals surface area contributed by atoms with Crippen molar-refractivity contribution in [1.29, 1.82) is 0 Å². The van der Waals surface area contributed by atoms with Crippen LogP contribution < -0.4 is 10.2 Å². The largest absolute Gasteiger partial charge is 0.482 e. The van der Waals surface area contributed by atoms with Gasteiger partial charge in [-0.3, -0.25) is 19.3 Å². The third-order valence-corrected chi connectivity index (χ3v) is 9.00. The second-order valence-electron chi connectivity index (χ2n) is 11.3. The SMILES string of the molecule is CC1(C)[C@@]2(C)CC[C@@]1(C(=O)N1CCN(Cc3cc(=O)c(OCc4ccc(C(F)(F)F)cc4)co3)CC1)OC2=O. The predicted octanol–water partition coefficient (Wildman–Crippen LogP) is 4.00. The van der Waals surface area contributed by atoms with E-state index in [0.29, 0.717) is 56.9 Å². The first-order valence-electron chi connectivity index (χ1n) is 12.9. The van der Waals surface area contributed by atoms with Crippen molar-refractivity contribution in [1.82, 2.24) is 9.80 Å². The van der Waals surface area contributed by atoms with Crippen LogP contribution in [0.5, 0.6) is 5.75 Å². The zero-order valence-corrected chi connectivity index (χ0v) is 22.1. The maximum Gasteiger partial charge on any atom is 0.416 e. The minimum Gasteiger partial charge on any atom is -0.482 e. The number of rotatable bonds is 6. The van der Waals surface area contributed by atoms with Gasteiger partial charge in [0.1, 0.15) is 18.6 Å². The summed E-state index contributed by atoms with van der Waals surface area (Å²) in [6, 6.07) is 5.85. The number of carbonyl (C=O) groups excluding carboxylic acids is 2.